The number of unbranched alkanes of at least 4 members (excludes halogenated alkanes) is 1. The SMILES string of the molecule is CCCCOc1cccc(Nc2nc(Nc3ccc(C)cc3)ncc2C(F)(F)F)c1. The normalized spacial score (nSPS) is 11.2. The van der Waals surface area contributed by atoms with Crippen LogP contribution in [0.25, 0.3) is 0 Å². The summed E-state index contributed by atoms with van der Waals surface area (Å²) in [5, 5.41) is 5.68. The Labute approximate surface area is 173 Å². The molecular weight excluding hydrogens is 393 g/mol. The molecule has 0 bridgehead atoms. The van der Waals surface area contributed by atoms with E-state index in [4.69, 9.17) is 4.74 Å². The molecule has 0 spiro atoms. The summed E-state index contributed by atoms with van der Waals surface area (Å²) in [6.07, 6.45) is -1.94. The lowest BCUT2D eigenvalue weighted by Crippen LogP contribution is -2.12. The third-order valence-corrected chi connectivity index (χ3v) is 4.27. The largest absolute Gasteiger partial charge is 0.494 e. The summed E-state index contributed by atoms with van der Waals surface area (Å²) in [5.41, 5.74) is 1.23. The maximum absolute atomic E-state index is 13.5. The number of alkyl halides is 3. The van der Waals surface area contributed by atoms with Crippen LogP contribution in [0.4, 0.5) is 36.3 Å². The Bertz CT molecular complexity index is 975. The van der Waals surface area contributed by atoms with Gasteiger partial charge in [-0.1, -0.05) is 37.1 Å². The Morgan fingerprint density at radius 1 is 1.00 bits per heavy atom. The zero-order valence-electron chi connectivity index (χ0n) is 16.8. The molecule has 0 saturated heterocycles. The van der Waals surface area contributed by atoms with E-state index in [1.54, 1.807) is 36.4 Å². The standard InChI is InChI=1S/C22H23F3N4O/c1-3-4-12-30-18-7-5-6-17(13-18)27-20-19(22(23,24)25)14-26-21(29-20)28-16-10-8-15(2)9-11-16/h5-11,13-14H,3-4,12H2,1-2H3,(H2,26,27,28,29). The van der Waals surface area contributed by atoms with Gasteiger partial charge in [0.25, 0.3) is 0 Å². The zero-order valence-corrected chi connectivity index (χ0v) is 16.8. The molecule has 1 aromatic heterocycles. The maximum Gasteiger partial charge on any atom is 0.421 e. The number of halogens is 3. The molecule has 0 aliphatic heterocycles. The highest BCUT2D eigenvalue weighted by molar-refractivity contribution is 5.64. The number of ether oxygens (including phenoxy) is 1. The molecule has 0 amide bonds. The second-order valence-corrected chi connectivity index (χ2v) is 6.80. The number of nitrogens with one attached hydrogen (secondary N) is 2. The number of aromatic nitrogens is 2. The van der Waals surface area contributed by atoms with Gasteiger partial charge >= 0.3 is 6.18 Å². The van der Waals surface area contributed by atoms with E-state index in [0.29, 0.717) is 23.7 Å². The summed E-state index contributed by atoms with van der Waals surface area (Å²) < 4.78 is 46.0. The topological polar surface area (TPSA) is 59.1 Å². The number of anilines is 4. The Balaban J connectivity index is 1.86. The van der Waals surface area contributed by atoms with Gasteiger partial charge in [0.15, 0.2) is 0 Å². The minimum Gasteiger partial charge on any atom is -0.494 e. The fourth-order valence-corrected chi connectivity index (χ4v) is 2.65. The highest BCUT2D eigenvalue weighted by Gasteiger charge is 2.35. The molecule has 0 radical (unpaired) electrons. The lowest BCUT2D eigenvalue weighted by molar-refractivity contribution is -0.137. The van der Waals surface area contributed by atoms with Gasteiger partial charge in [-0.25, -0.2) is 4.98 Å². The van der Waals surface area contributed by atoms with Crippen LogP contribution in [0.3, 0.4) is 0 Å². The molecule has 1 heterocycles. The molecule has 0 aliphatic rings. The lowest BCUT2D eigenvalue weighted by Gasteiger charge is -2.15. The average molecular weight is 416 g/mol. The van der Waals surface area contributed by atoms with Crippen molar-refractivity contribution in [1.82, 2.24) is 9.97 Å². The molecule has 2 aromatic carbocycles. The predicted molar refractivity (Wildman–Crippen MR) is 112 cm³/mol. The van der Waals surface area contributed by atoms with Crippen molar-refractivity contribution in [1.29, 1.82) is 0 Å². The van der Waals surface area contributed by atoms with E-state index in [0.717, 1.165) is 24.6 Å². The quantitative estimate of drug-likeness (QED) is 0.412. The molecule has 3 aromatic rings. The van der Waals surface area contributed by atoms with Crippen molar-refractivity contribution < 1.29 is 17.9 Å². The molecule has 2 N–H and O–H groups in total. The Hall–Kier alpha value is -3.29. The fourth-order valence-electron chi connectivity index (χ4n) is 2.65. The Kier molecular flexibility index (Phi) is 6.76. The van der Waals surface area contributed by atoms with E-state index in [1.165, 1.54) is 0 Å². The number of hydrogen-bond donors (Lipinski definition) is 2. The van der Waals surface area contributed by atoms with Gasteiger partial charge in [-0.15, -0.1) is 0 Å². The third-order valence-electron chi connectivity index (χ3n) is 4.27. The van der Waals surface area contributed by atoms with Crippen molar-refractivity contribution in [2.24, 2.45) is 0 Å². The summed E-state index contributed by atoms with van der Waals surface area (Å²) in [6, 6.07) is 14.2. The number of nitrogens with zero attached hydrogens (tertiary/aromatic N) is 2. The highest BCUT2D eigenvalue weighted by Crippen LogP contribution is 2.35. The fraction of sp³-hybridized carbons (Fsp3) is 0.273. The van der Waals surface area contributed by atoms with Gasteiger partial charge in [-0.05, 0) is 37.6 Å². The van der Waals surface area contributed by atoms with Crippen molar-refractivity contribution in [2.45, 2.75) is 32.9 Å². The second-order valence-electron chi connectivity index (χ2n) is 6.80. The number of aryl methyl sites for hydroxylation is 1. The first-order valence-corrected chi connectivity index (χ1v) is 9.63. The van der Waals surface area contributed by atoms with Crippen molar-refractivity contribution in [3.8, 4) is 5.75 Å². The summed E-state index contributed by atoms with van der Waals surface area (Å²) in [4.78, 5) is 7.89. The van der Waals surface area contributed by atoms with Crippen LogP contribution in [0.5, 0.6) is 5.75 Å². The van der Waals surface area contributed by atoms with Gasteiger partial charge in [0, 0.05) is 23.6 Å². The first kappa shape index (κ1) is 21.4. The monoisotopic (exact) mass is 416 g/mol. The van der Waals surface area contributed by atoms with Crippen LogP contribution in [0.2, 0.25) is 0 Å². The van der Waals surface area contributed by atoms with Crippen LogP contribution in [0.15, 0.2) is 54.7 Å². The van der Waals surface area contributed by atoms with Crippen LogP contribution in [-0.4, -0.2) is 16.6 Å². The Morgan fingerprint density at radius 3 is 2.47 bits per heavy atom. The molecule has 0 aliphatic carbocycles. The lowest BCUT2D eigenvalue weighted by atomic mass is 10.2. The molecule has 5 nitrogen and oxygen atoms in total. The van der Waals surface area contributed by atoms with Crippen molar-refractivity contribution in [2.75, 3.05) is 17.2 Å². The Morgan fingerprint density at radius 2 is 1.77 bits per heavy atom. The third kappa shape index (κ3) is 5.85. The van der Waals surface area contributed by atoms with E-state index in [9.17, 15) is 13.2 Å². The van der Waals surface area contributed by atoms with E-state index < -0.39 is 11.7 Å². The number of hydrogen-bond acceptors (Lipinski definition) is 5. The number of rotatable bonds is 8. The van der Waals surface area contributed by atoms with Crippen molar-refractivity contribution in [3.63, 3.8) is 0 Å². The molecule has 3 rings (SSSR count). The van der Waals surface area contributed by atoms with Crippen molar-refractivity contribution >= 4 is 23.1 Å². The minimum atomic E-state index is -4.60. The van der Waals surface area contributed by atoms with Crippen LogP contribution in [-0.2, 0) is 6.18 Å². The predicted octanol–water partition coefficient (Wildman–Crippen LogP) is 6.47. The molecule has 0 saturated carbocycles. The summed E-state index contributed by atoms with van der Waals surface area (Å²) in [6.45, 7) is 4.55. The summed E-state index contributed by atoms with van der Waals surface area (Å²) in [5.74, 6) is 0.302. The molecule has 0 fully saturated rings. The molecule has 0 atom stereocenters. The van der Waals surface area contributed by atoms with E-state index in [1.807, 2.05) is 19.1 Å². The first-order chi connectivity index (χ1) is 14.3. The maximum atomic E-state index is 13.5. The van der Waals surface area contributed by atoms with E-state index >= 15 is 0 Å². The summed E-state index contributed by atoms with van der Waals surface area (Å²) in [7, 11) is 0. The van der Waals surface area contributed by atoms with Gasteiger partial charge in [0.2, 0.25) is 5.95 Å². The molecule has 8 heteroatoms. The van der Waals surface area contributed by atoms with Crippen LogP contribution in [0.1, 0.15) is 30.9 Å². The second kappa shape index (κ2) is 9.47. The van der Waals surface area contributed by atoms with Crippen LogP contribution >= 0.6 is 0 Å². The van der Waals surface area contributed by atoms with Gasteiger partial charge in [-0.2, -0.15) is 18.2 Å². The van der Waals surface area contributed by atoms with Gasteiger partial charge in [-0.3, -0.25) is 0 Å². The van der Waals surface area contributed by atoms with Gasteiger partial charge in [0.05, 0.1) is 6.61 Å². The number of benzene rings is 2. The summed E-state index contributed by atoms with van der Waals surface area (Å²) >= 11 is 0. The van der Waals surface area contributed by atoms with E-state index in [-0.39, 0.29) is 11.8 Å². The first-order valence-electron chi connectivity index (χ1n) is 9.63. The van der Waals surface area contributed by atoms with Crippen LogP contribution in [0, 0.1) is 6.92 Å². The smallest absolute Gasteiger partial charge is 0.421 e. The molecular formula is C22H23F3N4O. The molecule has 0 unspecified atom stereocenters. The van der Waals surface area contributed by atoms with Crippen molar-refractivity contribution in [3.05, 3.63) is 65.9 Å². The average Bonchev–Trinajstić information content (AvgIpc) is 2.70. The zero-order chi connectivity index (χ0) is 21.6. The molecule has 158 valence electrons. The van der Waals surface area contributed by atoms with Crippen LogP contribution < -0.4 is 15.4 Å². The van der Waals surface area contributed by atoms with Gasteiger partial charge in [0.1, 0.15) is 17.1 Å². The highest BCUT2D eigenvalue weighted by atomic mass is 19.4. The minimum absolute atomic E-state index is 0.0599. The molecule has 30 heavy (non-hydrogen) atoms. The van der Waals surface area contributed by atoms with Gasteiger partial charge < -0.3 is 15.4 Å². The van der Waals surface area contributed by atoms with E-state index in [2.05, 4.69) is 27.5 Å².